The second-order valence-electron chi connectivity index (χ2n) is 10.4. The molecule has 0 radical (unpaired) electrons. The highest BCUT2D eigenvalue weighted by atomic mass is 32.1. The lowest BCUT2D eigenvalue weighted by Gasteiger charge is -2.30. The van der Waals surface area contributed by atoms with E-state index in [4.69, 9.17) is 14.5 Å². The summed E-state index contributed by atoms with van der Waals surface area (Å²) in [6.07, 6.45) is 4.39. The molecular formula is C32H38N4O4S. The second kappa shape index (κ2) is 11.9. The number of amides is 1. The Balaban J connectivity index is 1.70. The van der Waals surface area contributed by atoms with E-state index in [2.05, 4.69) is 30.0 Å². The Morgan fingerprint density at radius 3 is 2.44 bits per heavy atom. The summed E-state index contributed by atoms with van der Waals surface area (Å²) < 4.78 is 13.5. The zero-order valence-corrected chi connectivity index (χ0v) is 25.5. The van der Waals surface area contributed by atoms with Gasteiger partial charge in [0.25, 0.3) is 11.5 Å². The Morgan fingerprint density at radius 2 is 1.80 bits per heavy atom. The van der Waals surface area contributed by atoms with Crippen LogP contribution < -0.4 is 29.3 Å². The minimum atomic E-state index is -0.717. The molecule has 9 heteroatoms. The molecular weight excluding hydrogens is 536 g/mol. The number of anilines is 1. The molecule has 2 aromatic carbocycles. The lowest BCUT2D eigenvalue weighted by molar-refractivity contribution is -0.127. The van der Waals surface area contributed by atoms with Crippen molar-refractivity contribution in [2.45, 2.75) is 46.6 Å². The highest BCUT2D eigenvalue weighted by Gasteiger charge is 2.36. The normalized spacial score (nSPS) is 17.0. The molecule has 1 amide bonds. The van der Waals surface area contributed by atoms with Crippen molar-refractivity contribution in [3.05, 3.63) is 84.0 Å². The minimum Gasteiger partial charge on any atom is -0.497 e. The number of nitrogens with zero attached hydrogens (tertiary/aromatic N) is 4. The number of hydrogen-bond donors (Lipinski definition) is 0. The number of methoxy groups -OCH3 is 2. The number of likely N-dealkylation sites (N-methyl/N-ethyl adjacent to an activating group) is 1. The predicted molar refractivity (Wildman–Crippen MR) is 164 cm³/mol. The number of fused-ring (bicyclic) bond motifs is 1. The van der Waals surface area contributed by atoms with Gasteiger partial charge in [-0.05, 0) is 88.1 Å². The topological polar surface area (TPSA) is 76.4 Å². The van der Waals surface area contributed by atoms with Crippen LogP contribution in [-0.4, -0.2) is 55.8 Å². The molecule has 0 N–H and O–H groups in total. The molecule has 2 aliphatic rings. The maximum Gasteiger partial charge on any atom is 0.271 e. The third-order valence-corrected chi connectivity index (χ3v) is 9.03. The van der Waals surface area contributed by atoms with Gasteiger partial charge in [-0.15, -0.1) is 0 Å². The lowest BCUT2D eigenvalue weighted by atomic mass is 9.93. The minimum absolute atomic E-state index is 0.145. The summed E-state index contributed by atoms with van der Waals surface area (Å²) >= 11 is 1.34. The van der Waals surface area contributed by atoms with E-state index in [1.807, 2.05) is 45.0 Å². The summed E-state index contributed by atoms with van der Waals surface area (Å²) in [5.41, 5.74) is 4.86. The molecule has 0 spiro atoms. The first-order chi connectivity index (χ1) is 19.8. The zero-order valence-electron chi connectivity index (χ0n) is 24.7. The first kappa shape index (κ1) is 28.7. The fraction of sp³-hybridized carbons (Fsp3) is 0.406. The highest BCUT2D eigenvalue weighted by molar-refractivity contribution is 7.07. The molecule has 3 heterocycles. The van der Waals surface area contributed by atoms with E-state index in [0.29, 0.717) is 50.8 Å². The molecule has 2 aliphatic heterocycles. The Kier molecular flexibility index (Phi) is 8.35. The van der Waals surface area contributed by atoms with Crippen molar-refractivity contribution in [1.82, 2.24) is 9.47 Å². The number of benzene rings is 2. The molecule has 3 aromatic rings. The van der Waals surface area contributed by atoms with Crippen molar-refractivity contribution >= 4 is 29.0 Å². The van der Waals surface area contributed by atoms with Crippen molar-refractivity contribution < 1.29 is 14.3 Å². The number of aromatic nitrogens is 1. The van der Waals surface area contributed by atoms with Crippen LogP contribution in [-0.2, 0) is 4.79 Å². The monoisotopic (exact) mass is 574 g/mol. The van der Waals surface area contributed by atoms with Gasteiger partial charge in [0.05, 0.1) is 30.0 Å². The maximum absolute atomic E-state index is 14.2. The number of rotatable bonds is 8. The summed E-state index contributed by atoms with van der Waals surface area (Å²) in [5.74, 6) is 1.04. The summed E-state index contributed by atoms with van der Waals surface area (Å²) in [6.45, 7) is 11.1. The Bertz CT molecular complexity index is 1680. The molecule has 5 rings (SSSR count). The van der Waals surface area contributed by atoms with Crippen LogP contribution >= 0.6 is 11.3 Å². The summed E-state index contributed by atoms with van der Waals surface area (Å²) in [5, 5.41) is 0. The predicted octanol–water partition coefficient (Wildman–Crippen LogP) is 4.03. The van der Waals surface area contributed by atoms with Crippen LogP contribution in [0.15, 0.2) is 57.5 Å². The molecule has 1 saturated heterocycles. The van der Waals surface area contributed by atoms with Gasteiger partial charge in [-0.2, -0.15) is 0 Å². The average Bonchev–Trinajstić information content (AvgIpc) is 3.62. The Labute approximate surface area is 244 Å². The number of thiazole rings is 1. The maximum atomic E-state index is 14.2. The average molecular weight is 575 g/mol. The van der Waals surface area contributed by atoms with Gasteiger partial charge in [-0.3, -0.25) is 14.2 Å². The van der Waals surface area contributed by atoms with Crippen LogP contribution in [0, 0.1) is 6.92 Å². The molecule has 0 unspecified atom stereocenters. The number of carbonyl (C=O) groups is 1. The first-order valence-corrected chi connectivity index (χ1v) is 15.0. The van der Waals surface area contributed by atoms with E-state index in [0.717, 1.165) is 24.2 Å². The quantitative estimate of drug-likeness (QED) is 0.406. The molecule has 1 aromatic heterocycles. The molecule has 8 nitrogen and oxygen atoms in total. The largest absolute Gasteiger partial charge is 0.497 e. The van der Waals surface area contributed by atoms with Gasteiger partial charge in [0.2, 0.25) is 0 Å². The van der Waals surface area contributed by atoms with Crippen LogP contribution in [0.1, 0.15) is 56.3 Å². The number of allylic oxidation sites excluding steroid dienone is 1. The van der Waals surface area contributed by atoms with Gasteiger partial charge in [0.1, 0.15) is 17.5 Å². The van der Waals surface area contributed by atoms with Crippen molar-refractivity contribution in [1.29, 1.82) is 0 Å². The summed E-state index contributed by atoms with van der Waals surface area (Å²) in [4.78, 5) is 37.6. The molecule has 0 aliphatic carbocycles. The third kappa shape index (κ3) is 5.30. The SMILES string of the molecule is CCN(CC)C(=O)C1=C(C)N=c2s/c(=C\c3ccc(N4CCCC4)cc3C)c(=O)n2[C@@H]1c1cc(OC)ccc1OC. The second-order valence-corrected chi connectivity index (χ2v) is 11.4. The molecule has 0 saturated carbocycles. The van der Waals surface area contributed by atoms with E-state index in [9.17, 15) is 9.59 Å². The van der Waals surface area contributed by atoms with Crippen LogP contribution in [0.25, 0.3) is 6.08 Å². The van der Waals surface area contributed by atoms with Crippen LogP contribution in [0.2, 0.25) is 0 Å². The van der Waals surface area contributed by atoms with Gasteiger partial charge in [-0.1, -0.05) is 17.4 Å². The van der Waals surface area contributed by atoms with Crippen LogP contribution in [0.3, 0.4) is 0 Å². The van der Waals surface area contributed by atoms with Crippen molar-refractivity contribution in [2.75, 3.05) is 45.3 Å². The third-order valence-electron chi connectivity index (χ3n) is 8.05. The van der Waals surface area contributed by atoms with E-state index in [-0.39, 0.29) is 11.5 Å². The Hall–Kier alpha value is -3.85. The summed E-state index contributed by atoms with van der Waals surface area (Å²) in [7, 11) is 3.18. The highest BCUT2D eigenvalue weighted by Crippen LogP contribution is 2.38. The fourth-order valence-corrected chi connectivity index (χ4v) is 6.80. The van der Waals surface area contributed by atoms with E-state index in [1.54, 1.807) is 23.7 Å². The number of ether oxygens (including phenoxy) is 2. The summed E-state index contributed by atoms with van der Waals surface area (Å²) in [6, 6.07) is 11.2. The van der Waals surface area contributed by atoms with Crippen LogP contribution in [0.4, 0.5) is 5.69 Å². The number of hydrogen-bond acceptors (Lipinski definition) is 7. The van der Waals surface area contributed by atoms with Gasteiger partial charge < -0.3 is 19.3 Å². The van der Waals surface area contributed by atoms with Crippen molar-refractivity contribution in [2.24, 2.45) is 4.99 Å². The first-order valence-electron chi connectivity index (χ1n) is 14.2. The molecule has 1 fully saturated rings. The smallest absolute Gasteiger partial charge is 0.271 e. The van der Waals surface area contributed by atoms with Crippen molar-refractivity contribution in [3.63, 3.8) is 0 Å². The lowest BCUT2D eigenvalue weighted by Crippen LogP contribution is -2.43. The number of carbonyl (C=O) groups excluding carboxylic acids is 1. The van der Waals surface area contributed by atoms with Gasteiger partial charge in [0.15, 0.2) is 4.80 Å². The molecule has 1 atom stereocenters. The standard InChI is InChI=1S/C32H38N4O4S/c1-7-34(8-2)31(38)28-21(4)33-32-36(29(28)25-19-24(39-5)13-14-26(25)40-6)30(37)27(41-32)18-22-11-12-23(17-20(22)3)35-15-9-10-16-35/h11-14,17-19,29H,7-10,15-16H2,1-6H3/b27-18-/t29-/m1/s1. The zero-order chi connectivity index (χ0) is 29.3. The van der Waals surface area contributed by atoms with Gasteiger partial charge in [-0.25, -0.2) is 4.99 Å². The Morgan fingerprint density at radius 1 is 1.07 bits per heavy atom. The van der Waals surface area contributed by atoms with E-state index >= 15 is 0 Å². The molecule has 216 valence electrons. The molecule has 0 bridgehead atoms. The van der Waals surface area contributed by atoms with E-state index in [1.165, 1.54) is 29.9 Å². The fourth-order valence-electron chi connectivity index (χ4n) is 5.76. The molecule has 41 heavy (non-hydrogen) atoms. The van der Waals surface area contributed by atoms with Crippen LogP contribution in [0.5, 0.6) is 11.5 Å². The van der Waals surface area contributed by atoms with Gasteiger partial charge in [0, 0.05) is 37.4 Å². The van der Waals surface area contributed by atoms with Crippen molar-refractivity contribution in [3.8, 4) is 11.5 Å². The van der Waals surface area contributed by atoms with Gasteiger partial charge >= 0.3 is 0 Å². The number of aryl methyl sites for hydroxylation is 1. The van der Waals surface area contributed by atoms with E-state index < -0.39 is 6.04 Å².